The van der Waals surface area contributed by atoms with Crippen LogP contribution in [0, 0.1) is 0 Å². The first kappa shape index (κ1) is 15.6. The minimum atomic E-state index is -4.26. The molecule has 21 heavy (non-hydrogen) atoms. The van der Waals surface area contributed by atoms with Crippen molar-refractivity contribution in [2.75, 3.05) is 31.5 Å². The molecule has 1 aromatic rings. The van der Waals surface area contributed by atoms with Gasteiger partial charge < -0.3 is 15.5 Å². The summed E-state index contributed by atoms with van der Waals surface area (Å²) in [7, 11) is 0. The van der Waals surface area contributed by atoms with Gasteiger partial charge in [0.2, 0.25) is 0 Å². The highest BCUT2D eigenvalue weighted by molar-refractivity contribution is 5.89. The fourth-order valence-electron chi connectivity index (χ4n) is 2.11. The van der Waals surface area contributed by atoms with Crippen LogP contribution in [0.25, 0.3) is 0 Å². The Morgan fingerprint density at radius 2 is 1.81 bits per heavy atom. The standard InChI is InChI=1S/C14H18F3N3O/c1-10(14(15,16)17)11-2-4-12(5-3-11)19-13(21)20-8-6-18-7-9-20/h2-5,10,18H,6-9H2,1H3,(H,19,21). The highest BCUT2D eigenvalue weighted by Gasteiger charge is 2.36. The average Bonchev–Trinajstić information content (AvgIpc) is 2.47. The number of anilines is 1. The van der Waals surface area contributed by atoms with Crippen molar-refractivity contribution in [3.8, 4) is 0 Å². The lowest BCUT2D eigenvalue weighted by atomic mass is 10.0. The van der Waals surface area contributed by atoms with Crippen LogP contribution in [-0.4, -0.2) is 43.3 Å². The molecule has 0 spiro atoms. The zero-order valence-electron chi connectivity index (χ0n) is 11.7. The van der Waals surface area contributed by atoms with Crippen LogP contribution in [0.4, 0.5) is 23.7 Å². The lowest BCUT2D eigenvalue weighted by Crippen LogP contribution is -2.48. The van der Waals surface area contributed by atoms with E-state index in [0.29, 0.717) is 18.8 Å². The van der Waals surface area contributed by atoms with Crippen molar-refractivity contribution >= 4 is 11.7 Å². The van der Waals surface area contributed by atoms with E-state index in [2.05, 4.69) is 10.6 Å². The Morgan fingerprint density at radius 3 is 2.33 bits per heavy atom. The maximum absolute atomic E-state index is 12.6. The van der Waals surface area contributed by atoms with E-state index in [1.54, 1.807) is 4.90 Å². The summed E-state index contributed by atoms with van der Waals surface area (Å²) in [6, 6.07) is 5.56. The molecule has 4 nitrogen and oxygen atoms in total. The second-order valence-corrected chi connectivity index (χ2v) is 5.05. The largest absolute Gasteiger partial charge is 0.395 e. The van der Waals surface area contributed by atoms with E-state index in [4.69, 9.17) is 0 Å². The molecule has 2 rings (SSSR count). The lowest BCUT2D eigenvalue weighted by molar-refractivity contribution is -0.146. The molecular formula is C14H18F3N3O. The van der Waals surface area contributed by atoms with Crippen molar-refractivity contribution in [2.24, 2.45) is 0 Å². The molecule has 0 radical (unpaired) electrons. The number of carbonyl (C=O) groups is 1. The molecule has 0 bridgehead atoms. The van der Waals surface area contributed by atoms with Gasteiger partial charge in [0.05, 0.1) is 5.92 Å². The lowest BCUT2D eigenvalue weighted by Gasteiger charge is -2.27. The summed E-state index contributed by atoms with van der Waals surface area (Å²) in [4.78, 5) is 13.6. The van der Waals surface area contributed by atoms with Crippen LogP contribution < -0.4 is 10.6 Å². The van der Waals surface area contributed by atoms with Gasteiger partial charge >= 0.3 is 12.2 Å². The number of piperazine rings is 1. The van der Waals surface area contributed by atoms with E-state index < -0.39 is 12.1 Å². The first-order valence-electron chi connectivity index (χ1n) is 6.81. The molecule has 1 atom stereocenters. The Balaban J connectivity index is 1.97. The third kappa shape index (κ3) is 4.10. The molecule has 1 fully saturated rings. The fourth-order valence-corrected chi connectivity index (χ4v) is 2.11. The van der Waals surface area contributed by atoms with Crippen molar-refractivity contribution in [1.29, 1.82) is 0 Å². The predicted octanol–water partition coefficient (Wildman–Crippen LogP) is 2.79. The number of carbonyl (C=O) groups excluding carboxylic acids is 1. The fraction of sp³-hybridized carbons (Fsp3) is 0.500. The number of benzene rings is 1. The number of nitrogens with one attached hydrogen (secondary N) is 2. The van der Waals surface area contributed by atoms with Gasteiger partial charge in [0.1, 0.15) is 0 Å². The Hall–Kier alpha value is -1.76. The van der Waals surface area contributed by atoms with Crippen LogP contribution in [0.5, 0.6) is 0 Å². The number of urea groups is 1. The number of alkyl halides is 3. The predicted molar refractivity (Wildman–Crippen MR) is 74.4 cm³/mol. The van der Waals surface area contributed by atoms with Crippen LogP contribution >= 0.6 is 0 Å². The number of nitrogens with zero attached hydrogens (tertiary/aromatic N) is 1. The summed E-state index contributed by atoms with van der Waals surface area (Å²) in [6.45, 7) is 3.85. The minimum Gasteiger partial charge on any atom is -0.322 e. The molecule has 7 heteroatoms. The molecule has 1 aliphatic heterocycles. The summed E-state index contributed by atoms with van der Waals surface area (Å²) in [5.41, 5.74) is 0.680. The summed E-state index contributed by atoms with van der Waals surface area (Å²) in [5.74, 6) is -1.52. The van der Waals surface area contributed by atoms with Gasteiger partial charge in [-0.05, 0) is 24.6 Å². The topological polar surface area (TPSA) is 44.4 Å². The average molecular weight is 301 g/mol. The molecule has 0 aromatic heterocycles. The SMILES string of the molecule is CC(c1ccc(NC(=O)N2CCNCC2)cc1)C(F)(F)F. The van der Waals surface area contributed by atoms with Gasteiger partial charge in [0.15, 0.2) is 0 Å². The quantitative estimate of drug-likeness (QED) is 0.882. The maximum Gasteiger partial charge on any atom is 0.395 e. The Morgan fingerprint density at radius 1 is 1.24 bits per heavy atom. The summed E-state index contributed by atoms with van der Waals surface area (Å²) in [6.07, 6.45) is -4.26. The van der Waals surface area contributed by atoms with Crippen molar-refractivity contribution < 1.29 is 18.0 Å². The highest BCUT2D eigenvalue weighted by Crippen LogP contribution is 2.34. The number of amides is 2. The van der Waals surface area contributed by atoms with E-state index in [1.165, 1.54) is 24.3 Å². The van der Waals surface area contributed by atoms with Crippen molar-refractivity contribution in [3.63, 3.8) is 0 Å². The molecule has 1 saturated heterocycles. The van der Waals surface area contributed by atoms with E-state index >= 15 is 0 Å². The molecule has 2 amide bonds. The zero-order valence-corrected chi connectivity index (χ0v) is 11.7. The van der Waals surface area contributed by atoms with E-state index in [1.807, 2.05) is 0 Å². The Labute approximate surface area is 121 Å². The monoisotopic (exact) mass is 301 g/mol. The number of hydrogen-bond donors (Lipinski definition) is 2. The van der Waals surface area contributed by atoms with Crippen molar-refractivity contribution in [2.45, 2.75) is 19.0 Å². The van der Waals surface area contributed by atoms with Crippen molar-refractivity contribution in [1.82, 2.24) is 10.2 Å². The first-order chi connectivity index (χ1) is 9.88. The molecule has 1 unspecified atom stereocenters. The van der Waals surface area contributed by atoms with Crippen LogP contribution in [0.1, 0.15) is 18.4 Å². The smallest absolute Gasteiger partial charge is 0.322 e. The minimum absolute atomic E-state index is 0.183. The van der Waals surface area contributed by atoms with Gasteiger partial charge in [0.25, 0.3) is 0 Å². The van der Waals surface area contributed by atoms with Crippen LogP contribution in [-0.2, 0) is 0 Å². The number of hydrogen-bond acceptors (Lipinski definition) is 2. The van der Waals surface area contributed by atoms with E-state index in [-0.39, 0.29) is 11.6 Å². The van der Waals surface area contributed by atoms with Gasteiger partial charge in [-0.2, -0.15) is 13.2 Å². The molecule has 116 valence electrons. The Bertz CT molecular complexity index is 481. The van der Waals surface area contributed by atoms with Crippen molar-refractivity contribution in [3.05, 3.63) is 29.8 Å². The molecule has 0 saturated carbocycles. The van der Waals surface area contributed by atoms with E-state index in [0.717, 1.165) is 20.0 Å². The Kier molecular flexibility index (Phi) is 4.72. The number of halogens is 3. The molecule has 1 heterocycles. The highest BCUT2D eigenvalue weighted by atomic mass is 19.4. The maximum atomic E-state index is 12.6. The number of rotatable bonds is 2. The molecule has 2 N–H and O–H groups in total. The molecule has 0 aliphatic carbocycles. The van der Waals surface area contributed by atoms with Crippen LogP contribution in [0.2, 0.25) is 0 Å². The third-order valence-corrected chi connectivity index (χ3v) is 3.56. The second kappa shape index (κ2) is 6.34. The molecule has 1 aromatic carbocycles. The normalized spacial score (nSPS) is 17.4. The molecule has 1 aliphatic rings. The molecular weight excluding hydrogens is 283 g/mol. The summed E-state index contributed by atoms with van der Waals surface area (Å²) < 4.78 is 37.8. The third-order valence-electron chi connectivity index (χ3n) is 3.56. The summed E-state index contributed by atoms with van der Waals surface area (Å²) >= 11 is 0. The van der Waals surface area contributed by atoms with E-state index in [9.17, 15) is 18.0 Å². The van der Waals surface area contributed by atoms with Gasteiger partial charge in [0, 0.05) is 31.9 Å². The van der Waals surface area contributed by atoms with Gasteiger partial charge in [-0.3, -0.25) is 0 Å². The summed E-state index contributed by atoms with van der Waals surface area (Å²) in [5, 5.41) is 5.83. The van der Waals surface area contributed by atoms with Gasteiger partial charge in [-0.1, -0.05) is 12.1 Å². The zero-order chi connectivity index (χ0) is 15.5. The first-order valence-corrected chi connectivity index (χ1v) is 6.81. The second-order valence-electron chi connectivity index (χ2n) is 5.05. The van der Waals surface area contributed by atoms with Gasteiger partial charge in [-0.25, -0.2) is 4.79 Å². The van der Waals surface area contributed by atoms with Gasteiger partial charge in [-0.15, -0.1) is 0 Å². The van der Waals surface area contributed by atoms with Crippen LogP contribution in [0.3, 0.4) is 0 Å². The van der Waals surface area contributed by atoms with Crippen LogP contribution in [0.15, 0.2) is 24.3 Å².